The lowest BCUT2D eigenvalue weighted by Crippen LogP contribution is -2.58. The van der Waals surface area contributed by atoms with Crippen LogP contribution < -0.4 is 0 Å². The van der Waals surface area contributed by atoms with Gasteiger partial charge in [0, 0.05) is 31.1 Å². The molecule has 2 unspecified atom stereocenters. The van der Waals surface area contributed by atoms with Gasteiger partial charge in [-0.25, -0.2) is 9.18 Å². The number of carboxylic acid groups (broad SMARTS) is 1. The van der Waals surface area contributed by atoms with Crippen LogP contribution in [0.4, 0.5) is 9.18 Å². The number of nitrogens with one attached hydrogen (secondary N) is 1. The molecule has 1 saturated heterocycles. The van der Waals surface area contributed by atoms with Crippen molar-refractivity contribution >= 4 is 6.09 Å². The Kier molecular flexibility index (Phi) is 4.59. The summed E-state index contributed by atoms with van der Waals surface area (Å²) < 4.78 is 13.5. The number of halogens is 1. The largest absolute Gasteiger partial charge is 0.465 e. The molecular weight excluding hydrogens is 349 g/mol. The maximum atomic E-state index is 13.5. The highest BCUT2D eigenvalue weighted by Gasteiger charge is 2.38. The highest BCUT2D eigenvalue weighted by atomic mass is 19.1. The lowest BCUT2D eigenvalue weighted by molar-refractivity contribution is 0.0263. The number of amides is 1. The quantitative estimate of drug-likeness (QED) is 0.861. The molecule has 27 heavy (non-hydrogen) atoms. The van der Waals surface area contributed by atoms with Crippen LogP contribution in [0.5, 0.6) is 0 Å². The van der Waals surface area contributed by atoms with Gasteiger partial charge in [-0.15, -0.1) is 10.2 Å². The van der Waals surface area contributed by atoms with Gasteiger partial charge in [-0.1, -0.05) is 12.1 Å². The average molecular weight is 373 g/mol. The van der Waals surface area contributed by atoms with Crippen molar-refractivity contribution in [2.45, 2.75) is 50.7 Å². The molecule has 1 saturated carbocycles. The highest BCUT2D eigenvalue weighted by Crippen LogP contribution is 2.39. The summed E-state index contributed by atoms with van der Waals surface area (Å²) in [4.78, 5) is 18.6. The minimum atomic E-state index is -0.900. The second-order valence-electron chi connectivity index (χ2n) is 7.65. The second-order valence-corrected chi connectivity index (χ2v) is 7.65. The van der Waals surface area contributed by atoms with E-state index in [0.29, 0.717) is 19.0 Å². The Labute approximate surface area is 157 Å². The Morgan fingerprint density at radius 2 is 1.89 bits per heavy atom. The monoisotopic (exact) mass is 373 g/mol. The fraction of sp³-hybridized carbons (Fsp3) is 0.526. The molecule has 2 aromatic rings. The van der Waals surface area contributed by atoms with Crippen LogP contribution in [0.15, 0.2) is 24.3 Å². The predicted molar refractivity (Wildman–Crippen MR) is 97.0 cm³/mol. The Morgan fingerprint density at radius 1 is 1.19 bits per heavy atom. The normalized spacial score (nSPS) is 24.8. The van der Waals surface area contributed by atoms with Crippen molar-refractivity contribution in [1.82, 2.24) is 25.0 Å². The van der Waals surface area contributed by atoms with Gasteiger partial charge in [0.15, 0.2) is 5.82 Å². The summed E-state index contributed by atoms with van der Waals surface area (Å²) in [5.74, 6) is 1.81. The van der Waals surface area contributed by atoms with Crippen LogP contribution in [0.3, 0.4) is 0 Å². The number of aromatic nitrogens is 3. The molecule has 1 aliphatic carbocycles. The van der Waals surface area contributed by atoms with Crippen LogP contribution in [-0.4, -0.2) is 61.4 Å². The van der Waals surface area contributed by atoms with Crippen molar-refractivity contribution in [1.29, 1.82) is 0 Å². The summed E-state index contributed by atoms with van der Waals surface area (Å²) in [5, 5.41) is 18.1. The Bertz CT molecular complexity index is 820. The van der Waals surface area contributed by atoms with Crippen LogP contribution in [0.2, 0.25) is 0 Å². The van der Waals surface area contributed by atoms with Gasteiger partial charge in [0.1, 0.15) is 11.6 Å². The molecule has 144 valence electrons. The third kappa shape index (κ3) is 3.53. The Balaban J connectivity index is 1.68. The first-order valence-corrected chi connectivity index (χ1v) is 9.37. The molecule has 3 atom stereocenters. The van der Waals surface area contributed by atoms with E-state index in [9.17, 15) is 14.3 Å². The van der Waals surface area contributed by atoms with Gasteiger partial charge in [-0.05, 0) is 44.4 Å². The maximum Gasteiger partial charge on any atom is 0.407 e. The van der Waals surface area contributed by atoms with Crippen LogP contribution in [-0.2, 0) is 0 Å². The third-order valence-corrected chi connectivity index (χ3v) is 5.54. The van der Waals surface area contributed by atoms with Gasteiger partial charge >= 0.3 is 6.09 Å². The average Bonchev–Trinajstić information content (AvgIpc) is 3.38. The molecule has 0 radical (unpaired) electrons. The van der Waals surface area contributed by atoms with E-state index in [4.69, 9.17) is 0 Å². The van der Waals surface area contributed by atoms with Crippen molar-refractivity contribution in [3.8, 4) is 0 Å². The van der Waals surface area contributed by atoms with E-state index in [0.717, 1.165) is 30.1 Å². The number of nitrogens with zero attached hydrogens (tertiary/aromatic N) is 4. The summed E-state index contributed by atoms with van der Waals surface area (Å²) in [6.45, 7) is 4.90. The molecule has 2 heterocycles. The topological polar surface area (TPSA) is 85.3 Å². The van der Waals surface area contributed by atoms with E-state index in [-0.39, 0.29) is 23.9 Å². The molecule has 1 aromatic carbocycles. The van der Waals surface area contributed by atoms with Crippen LogP contribution in [0.1, 0.15) is 55.9 Å². The number of rotatable bonds is 4. The molecule has 1 aromatic heterocycles. The number of H-pyrrole nitrogens is 1. The third-order valence-electron chi connectivity index (χ3n) is 5.54. The van der Waals surface area contributed by atoms with Gasteiger partial charge in [0.05, 0.1) is 6.04 Å². The van der Waals surface area contributed by atoms with Gasteiger partial charge in [0.2, 0.25) is 0 Å². The predicted octanol–water partition coefficient (Wildman–Crippen LogP) is 2.98. The van der Waals surface area contributed by atoms with Crippen molar-refractivity contribution in [2.75, 3.05) is 13.1 Å². The van der Waals surface area contributed by atoms with Crippen LogP contribution >= 0.6 is 0 Å². The standard InChI is InChI=1S/C19H24FN5O2/c1-11-10-25(19(26)27)12(2)9-24(11)16(13-5-7-15(20)8-6-13)18-21-17(22-23-18)14-3-4-14/h5-8,11-12,14,16H,3-4,9-10H2,1-2H3,(H,26,27)(H,21,22,23)/t11?,12-,16?/m0/s1. The number of hydrogen-bond donors (Lipinski definition) is 2. The van der Waals surface area contributed by atoms with E-state index in [2.05, 4.69) is 20.1 Å². The van der Waals surface area contributed by atoms with Crippen molar-refractivity contribution < 1.29 is 14.3 Å². The molecule has 2 fully saturated rings. The first-order valence-electron chi connectivity index (χ1n) is 9.37. The molecule has 0 spiro atoms. The zero-order chi connectivity index (χ0) is 19.1. The van der Waals surface area contributed by atoms with Crippen LogP contribution in [0.25, 0.3) is 0 Å². The van der Waals surface area contributed by atoms with E-state index >= 15 is 0 Å². The highest BCUT2D eigenvalue weighted by molar-refractivity contribution is 5.65. The molecule has 4 rings (SSSR count). The lowest BCUT2D eigenvalue weighted by atomic mass is 9.99. The second kappa shape index (κ2) is 6.92. The molecule has 8 heteroatoms. The van der Waals surface area contributed by atoms with Gasteiger partial charge < -0.3 is 15.0 Å². The van der Waals surface area contributed by atoms with Gasteiger partial charge in [0.25, 0.3) is 0 Å². The Morgan fingerprint density at radius 3 is 2.52 bits per heavy atom. The summed E-state index contributed by atoms with van der Waals surface area (Å²) in [7, 11) is 0. The summed E-state index contributed by atoms with van der Waals surface area (Å²) >= 11 is 0. The summed E-state index contributed by atoms with van der Waals surface area (Å²) in [6, 6.07) is 6.04. The van der Waals surface area contributed by atoms with Gasteiger partial charge in [-0.2, -0.15) is 0 Å². The number of benzene rings is 1. The summed E-state index contributed by atoms with van der Waals surface area (Å²) in [6.07, 6.45) is 1.35. The summed E-state index contributed by atoms with van der Waals surface area (Å²) in [5.41, 5.74) is 0.915. The first kappa shape index (κ1) is 17.9. The van der Waals surface area contributed by atoms with Crippen molar-refractivity contribution in [3.63, 3.8) is 0 Å². The zero-order valence-corrected chi connectivity index (χ0v) is 15.5. The number of piperazine rings is 1. The van der Waals surface area contributed by atoms with E-state index < -0.39 is 6.09 Å². The number of aromatic amines is 1. The first-order chi connectivity index (χ1) is 12.9. The fourth-order valence-corrected chi connectivity index (χ4v) is 3.88. The van der Waals surface area contributed by atoms with Crippen molar-refractivity contribution in [2.24, 2.45) is 0 Å². The van der Waals surface area contributed by atoms with E-state index in [1.54, 1.807) is 12.1 Å². The van der Waals surface area contributed by atoms with Crippen molar-refractivity contribution in [3.05, 3.63) is 47.3 Å². The Hall–Kier alpha value is -2.48. The SMILES string of the molecule is CC1CN(C(=O)O)[C@@H](C)CN1C(c1ccc(F)cc1)c1nnc(C2CC2)[nH]1. The maximum absolute atomic E-state index is 13.5. The smallest absolute Gasteiger partial charge is 0.407 e. The van der Waals surface area contributed by atoms with Crippen LogP contribution in [0, 0.1) is 5.82 Å². The molecular formula is C19H24FN5O2. The fourth-order valence-electron chi connectivity index (χ4n) is 3.88. The molecule has 1 amide bonds. The minimum absolute atomic E-state index is 0.0122. The van der Waals surface area contributed by atoms with Gasteiger partial charge in [-0.3, -0.25) is 4.90 Å². The van der Waals surface area contributed by atoms with E-state index in [1.165, 1.54) is 17.0 Å². The minimum Gasteiger partial charge on any atom is -0.465 e. The number of hydrogen-bond acceptors (Lipinski definition) is 4. The number of carbonyl (C=O) groups is 1. The molecule has 2 aliphatic rings. The molecule has 2 N–H and O–H groups in total. The van der Waals surface area contributed by atoms with E-state index in [1.807, 2.05) is 13.8 Å². The molecule has 1 aliphatic heterocycles. The molecule has 0 bridgehead atoms. The lowest BCUT2D eigenvalue weighted by Gasteiger charge is -2.45. The molecule has 7 nitrogen and oxygen atoms in total. The zero-order valence-electron chi connectivity index (χ0n) is 15.5.